The summed E-state index contributed by atoms with van der Waals surface area (Å²) in [6.45, 7) is 6.17. The van der Waals surface area contributed by atoms with Crippen LogP contribution in [-0.2, 0) is 19.2 Å². The first-order chi connectivity index (χ1) is 13.3. The highest BCUT2D eigenvalue weighted by Crippen LogP contribution is 2.60. The second-order valence-electron chi connectivity index (χ2n) is 8.88. The topological polar surface area (TPSA) is 94.7 Å². The van der Waals surface area contributed by atoms with Gasteiger partial charge in [-0.1, -0.05) is 13.8 Å². The number of anilines is 1. The number of H-pyrrole nitrogens is 1. The number of nitrogens with one attached hydrogen (secondary N) is 2. The van der Waals surface area contributed by atoms with Crippen LogP contribution < -0.4 is 11.0 Å². The Kier molecular flexibility index (Phi) is 4.11. The van der Waals surface area contributed by atoms with Crippen LogP contribution in [0.5, 0.6) is 0 Å². The molecule has 8 atom stereocenters. The smallest absolute Gasteiger partial charge is 0.343 e. The number of ether oxygens (including phenoxy) is 2. The summed E-state index contributed by atoms with van der Waals surface area (Å²) >= 11 is 0. The van der Waals surface area contributed by atoms with Gasteiger partial charge >= 0.3 is 5.69 Å². The molecular formula is C19H26FN3O5. The summed E-state index contributed by atoms with van der Waals surface area (Å²) < 4.78 is 26.7. The average Bonchev–Trinajstić information content (AvgIpc) is 2.88. The standard InChI is InChI=1S/C19H26FN3O5/c1-9-4-5-12-10(2)15(22-14-13(20)8-21-17(24)23-14)25-16-19(12)11(9)6-7-18(3,26-16)27-28-19/h8-12,15-16H,4-7H2,1-3H3,(H2,21,22,23,24)/t9-,10-,11+,12?,15?,16-,18+,19?/m1/s1. The van der Waals surface area contributed by atoms with Gasteiger partial charge in [0.25, 0.3) is 0 Å². The molecule has 5 fully saturated rings. The Morgan fingerprint density at radius 1 is 1.25 bits per heavy atom. The van der Waals surface area contributed by atoms with E-state index in [0.29, 0.717) is 5.92 Å². The third-order valence-corrected chi connectivity index (χ3v) is 7.21. The molecule has 6 rings (SSSR count). The molecule has 4 saturated heterocycles. The number of hydrogen-bond acceptors (Lipinski definition) is 7. The van der Waals surface area contributed by atoms with Gasteiger partial charge in [0.2, 0.25) is 5.79 Å². The third kappa shape index (κ3) is 2.56. The fourth-order valence-electron chi connectivity index (χ4n) is 5.70. The zero-order valence-corrected chi connectivity index (χ0v) is 16.2. The molecule has 0 radical (unpaired) electrons. The molecule has 3 unspecified atom stereocenters. The monoisotopic (exact) mass is 395 g/mol. The average molecular weight is 395 g/mol. The SMILES string of the molecule is C[C@H]1C(Nc2[nH]c(=O)ncc2F)O[C@@H]2O[C@]3(C)CC[C@H]4[C@H](C)CCC1C24OO3. The Labute approximate surface area is 162 Å². The van der Waals surface area contributed by atoms with Crippen LogP contribution in [-0.4, -0.2) is 33.9 Å². The number of hydrogen-bond donors (Lipinski definition) is 2. The molecule has 0 aromatic carbocycles. The van der Waals surface area contributed by atoms with Crippen LogP contribution in [0.1, 0.15) is 46.5 Å². The van der Waals surface area contributed by atoms with Crippen LogP contribution in [0.3, 0.4) is 0 Å². The van der Waals surface area contributed by atoms with Gasteiger partial charge in [0, 0.05) is 18.3 Å². The summed E-state index contributed by atoms with van der Waals surface area (Å²) in [5, 5.41) is 3.01. The molecule has 2 bridgehead atoms. The van der Waals surface area contributed by atoms with E-state index in [1.807, 2.05) is 6.92 Å². The van der Waals surface area contributed by atoms with Crippen molar-refractivity contribution in [1.29, 1.82) is 0 Å². The third-order valence-electron chi connectivity index (χ3n) is 7.21. The van der Waals surface area contributed by atoms with Crippen molar-refractivity contribution >= 4 is 5.82 Å². The van der Waals surface area contributed by atoms with E-state index < -0.39 is 35.4 Å². The van der Waals surface area contributed by atoms with Crippen LogP contribution in [0.15, 0.2) is 11.0 Å². The number of halogens is 1. The van der Waals surface area contributed by atoms with E-state index in [9.17, 15) is 9.18 Å². The summed E-state index contributed by atoms with van der Waals surface area (Å²) in [4.78, 5) is 29.2. The fourth-order valence-corrected chi connectivity index (χ4v) is 5.70. The van der Waals surface area contributed by atoms with Gasteiger partial charge in [-0.3, -0.25) is 4.98 Å². The molecule has 0 amide bonds. The zero-order chi connectivity index (χ0) is 19.7. The lowest BCUT2D eigenvalue weighted by molar-refractivity contribution is -0.570. The molecule has 1 aromatic rings. The zero-order valence-electron chi connectivity index (χ0n) is 16.2. The molecule has 2 N–H and O–H groups in total. The Bertz CT molecular complexity index is 836. The minimum absolute atomic E-state index is 0.0167. The maximum absolute atomic E-state index is 14.1. The lowest BCUT2D eigenvalue weighted by Crippen LogP contribution is -2.71. The lowest BCUT2D eigenvalue weighted by atomic mass is 9.58. The van der Waals surface area contributed by atoms with Crippen molar-refractivity contribution < 1.29 is 23.6 Å². The maximum Gasteiger partial charge on any atom is 0.346 e. The van der Waals surface area contributed by atoms with Gasteiger partial charge < -0.3 is 14.8 Å². The summed E-state index contributed by atoms with van der Waals surface area (Å²) in [7, 11) is 0. The highest BCUT2D eigenvalue weighted by Gasteiger charge is 2.69. The molecule has 5 aliphatic rings. The fraction of sp³-hybridized carbons (Fsp3) is 0.789. The van der Waals surface area contributed by atoms with Gasteiger partial charge in [0.15, 0.2) is 17.7 Å². The molecule has 1 aliphatic carbocycles. The minimum atomic E-state index is -0.862. The largest absolute Gasteiger partial charge is 0.346 e. The first-order valence-corrected chi connectivity index (χ1v) is 10.0. The number of fused-ring (bicyclic) bond motifs is 2. The molecule has 1 saturated carbocycles. The number of rotatable bonds is 2. The van der Waals surface area contributed by atoms with E-state index in [-0.39, 0.29) is 23.6 Å². The van der Waals surface area contributed by atoms with Gasteiger partial charge in [0.1, 0.15) is 12.0 Å². The van der Waals surface area contributed by atoms with Gasteiger partial charge in [0.05, 0.1) is 6.20 Å². The van der Waals surface area contributed by atoms with Gasteiger partial charge in [-0.2, -0.15) is 4.98 Å². The number of aromatic amines is 1. The van der Waals surface area contributed by atoms with Crippen LogP contribution in [0, 0.1) is 29.5 Å². The molecule has 4 aliphatic heterocycles. The van der Waals surface area contributed by atoms with Crippen molar-refractivity contribution in [3.05, 3.63) is 22.5 Å². The Balaban J connectivity index is 1.51. The number of nitrogens with zero attached hydrogens (tertiary/aromatic N) is 1. The van der Waals surface area contributed by atoms with Crippen LogP contribution in [0.2, 0.25) is 0 Å². The summed E-state index contributed by atoms with van der Waals surface area (Å²) in [6.07, 6.45) is 3.43. The predicted octanol–water partition coefficient (Wildman–Crippen LogP) is 2.53. The van der Waals surface area contributed by atoms with E-state index in [2.05, 4.69) is 29.1 Å². The molecule has 9 heteroatoms. The summed E-state index contributed by atoms with van der Waals surface area (Å²) in [5.74, 6) is -0.696. The highest BCUT2D eigenvalue weighted by molar-refractivity contribution is 5.35. The molecular weight excluding hydrogens is 369 g/mol. The first-order valence-electron chi connectivity index (χ1n) is 10.0. The van der Waals surface area contributed by atoms with E-state index in [1.54, 1.807) is 0 Å². The molecule has 8 nitrogen and oxygen atoms in total. The lowest BCUT2D eigenvalue weighted by Gasteiger charge is -2.60. The van der Waals surface area contributed by atoms with E-state index in [4.69, 9.17) is 19.2 Å². The van der Waals surface area contributed by atoms with Crippen molar-refractivity contribution in [2.24, 2.45) is 23.7 Å². The minimum Gasteiger partial charge on any atom is -0.343 e. The highest BCUT2D eigenvalue weighted by atomic mass is 19.1. The van der Waals surface area contributed by atoms with Crippen molar-refractivity contribution in [3.63, 3.8) is 0 Å². The van der Waals surface area contributed by atoms with Crippen LogP contribution in [0.4, 0.5) is 10.2 Å². The molecule has 28 heavy (non-hydrogen) atoms. The first kappa shape index (κ1) is 18.5. The second-order valence-corrected chi connectivity index (χ2v) is 8.88. The van der Waals surface area contributed by atoms with Gasteiger partial charge in [-0.15, -0.1) is 0 Å². The van der Waals surface area contributed by atoms with Crippen molar-refractivity contribution in [1.82, 2.24) is 9.97 Å². The predicted molar refractivity (Wildman–Crippen MR) is 95.3 cm³/mol. The van der Waals surface area contributed by atoms with Crippen molar-refractivity contribution in [3.8, 4) is 0 Å². The quantitative estimate of drug-likeness (QED) is 0.743. The van der Waals surface area contributed by atoms with Crippen LogP contribution >= 0.6 is 0 Å². The molecule has 1 spiro atoms. The van der Waals surface area contributed by atoms with Crippen molar-refractivity contribution in [2.75, 3.05) is 5.32 Å². The Morgan fingerprint density at radius 2 is 2.07 bits per heavy atom. The van der Waals surface area contributed by atoms with Gasteiger partial charge in [-0.05, 0) is 38.0 Å². The summed E-state index contributed by atoms with van der Waals surface area (Å²) in [5.41, 5.74) is -1.29. The second kappa shape index (κ2) is 6.22. The molecule has 1 aromatic heterocycles. The Morgan fingerprint density at radius 3 is 2.89 bits per heavy atom. The van der Waals surface area contributed by atoms with E-state index >= 15 is 0 Å². The Hall–Kier alpha value is -1.55. The number of aromatic nitrogens is 2. The van der Waals surface area contributed by atoms with Crippen molar-refractivity contribution in [2.45, 2.75) is 70.4 Å². The van der Waals surface area contributed by atoms with E-state index in [0.717, 1.165) is 31.9 Å². The molecule has 5 heterocycles. The maximum atomic E-state index is 14.1. The normalized spacial score (nSPS) is 47.3. The van der Waals surface area contributed by atoms with Crippen LogP contribution in [0.25, 0.3) is 0 Å². The molecule has 154 valence electrons. The summed E-state index contributed by atoms with van der Waals surface area (Å²) in [6, 6.07) is 0. The van der Waals surface area contributed by atoms with Gasteiger partial charge in [-0.25, -0.2) is 19.0 Å². The van der Waals surface area contributed by atoms with E-state index in [1.165, 1.54) is 0 Å².